The third kappa shape index (κ3) is 4.76. The lowest BCUT2D eigenvalue weighted by Crippen LogP contribution is -2.37. The number of oxazole rings is 1. The SMILES string of the molecule is Cc1nc(CCNC(=O)CNC(=O)c2ccccc2)co1. The van der Waals surface area contributed by atoms with E-state index in [1.807, 2.05) is 6.07 Å². The zero-order valence-corrected chi connectivity index (χ0v) is 11.8. The van der Waals surface area contributed by atoms with Crippen LogP contribution in [0.5, 0.6) is 0 Å². The van der Waals surface area contributed by atoms with E-state index in [4.69, 9.17) is 4.42 Å². The van der Waals surface area contributed by atoms with Gasteiger partial charge in [-0.25, -0.2) is 4.98 Å². The lowest BCUT2D eigenvalue weighted by Gasteiger charge is -2.06. The molecule has 0 aliphatic heterocycles. The molecule has 0 fully saturated rings. The number of rotatable bonds is 6. The summed E-state index contributed by atoms with van der Waals surface area (Å²) in [7, 11) is 0. The van der Waals surface area contributed by atoms with Gasteiger partial charge in [0.05, 0.1) is 12.2 Å². The molecule has 1 aromatic heterocycles. The summed E-state index contributed by atoms with van der Waals surface area (Å²) in [5.41, 5.74) is 1.32. The number of hydrogen-bond donors (Lipinski definition) is 2. The molecule has 1 heterocycles. The van der Waals surface area contributed by atoms with Crippen LogP contribution in [0.4, 0.5) is 0 Å². The van der Waals surface area contributed by atoms with E-state index in [9.17, 15) is 9.59 Å². The molecular weight excluding hydrogens is 270 g/mol. The number of hydrogen-bond acceptors (Lipinski definition) is 4. The lowest BCUT2D eigenvalue weighted by molar-refractivity contribution is -0.120. The molecular formula is C15H17N3O3. The first-order valence-electron chi connectivity index (χ1n) is 6.66. The maximum Gasteiger partial charge on any atom is 0.251 e. The molecule has 6 nitrogen and oxygen atoms in total. The van der Waals surface area contributed by atoms with Crippen LogP contribution in [0.15, 0.2) is 41.0 Å². The molecule has 110 valence electrons. The van der Waals surface area contributed by atoms with Gasteiger partial charge in [-0.2, -0.15) is 0 Å². The molecule has 0 aliphatic carbocycles. The molecule has 6 heteroatoms. The second-order valence-electron chi connectivity index (χ2n) is 4.51. The van der Waals surface area contributed by atoms with E-state index in [1.54, 1.807) is 37.5 Å². The van der Waals surface area contributed by atoms with Gasteiger partial charge in [0.15, 0.2) is 5.89 Å². The highest BCUT2D eigenvalue weighted by Crippen LogP contribution is 2.00. The first-order chi connectivity index (χ1) is 10.1. The van der Waals surface area contributed by atoms with Gasteiger partial charge in [-0.15, -0.1) is 0 Å². The number of benzene rings is 1. The number of carbonyl (C=O) groups excluding carboxylic acids is 2. The Morgan fingerprint density at radius 2 is 1.95 bits per heavy atom. The van der Waals surface area contributed by atoms with Crippen LogP contribution in [0.2, 0.25) is 0 Å². The minimum atomic E-state index is -0.266. The van der Waals surface area contributed by atoms with Crippen LogP contribution >= 0.6 is 0 Å². The fourth-order valence-electron chi connectivity index (χ4n) is 1.77. The maximum atomic E-state index is 11.7. The Morgan fingerprint density at radius 1 is 1.19 bits per heavy atom. The van der Waals surface area contributed by atoms with Crippen LogP contribution in [0, 0.1) is 6.92 Å². The molecule has 2 aromatic rings. The van der Waals surface area contributed by atoms with E-state index in [-0.39, 0.29) is 18.4 Å². The zero-order chi connectivity index (χ0) is 15.1. The van der Waals surface area contributed by atoms with Crippen molar-refractivity contribution in [3.8, 4) is 0 Å². The van der Waals surface area contributed by atoms with Crippen molar-refractivity contribution in [3.63, 3.8) is 0 Å². The second-order valence-corrected chi connectivity index (χ2v) is 4.51. The Labute approximate surface area is 122 Å². The molecule has 0 radical (unpaired) electrons. The molecule has 0 saturated carbocycles. The highest BCUT2D eigenvalue weighted by atomic mass is 16.3. The summed E-state index contributed by atoms with van der Waals surface area (Å²) in [6.07, 6.45) is 2.16. The van der Waals surface area contributed by atoms with E-state index in [1.165, 1.54) is 0 Å². The minimum absolute atomic E-state index is 0.0500. The molecule has 0 unspecified atom stereocenters. The van der Waals surface area contributed by atoms with Gasteiger partial charge in [0.25, 0.3) is 5.91 Å². The highest BCUT2D eigenvalue weighted by Gasteiger charge is 2.07. The smallest absolute Gasteiger partial charge is 0.251 e. The van der Waals surface area contributed by atoms with Crippen molar-refractivity contribution >= 4 is 11.8 Å². The number of amides is 2. The molecule has 1 aromatic carbocycles. The fourth-order valence-corrected chi connectivity index (χ4v) is 1.77. The first-order valence-corrected chi connectivity index (χ1v) is 6.66. The van der Waals surface area contributed by atoms with Gasteiger partial charge in [0.1, 0.15) is 6.26 Å². The molecule has 0 saturated heterocycles. The van der Waals surface area contributed by atoms with E-state index in [0.29, 0.717) is 24.4 Å². The Bertz CT molecular complexity index is 608. The predicted molar refractivity (Wildman–Crippen MR) is 76.7 cm³/mol. The average molecular weight is 287 g/mol. The van der Waals surface area contributed by atoms with Crippen LogP contribution in [0.3, 0.4) is 0 Å². The van der Waals surface area contributed by atoms with Gasteiger partial charge < -0.3 is 15.1 Å². The number of aromatic nitrogens is 1. The van der Waals surface area contributed by atoms with E-state index >= 15 is 0 Å². The summed E-state index contributed by atoms with van der Waals surface area (Å²) in [5.74, 6) is 0.101. The van der Waals surface area contributed by atoms with Crippen LogP contribution in [-0.2, 0) is 11.2 Å². The Morgan fingerprint density at radius 3 is 2.62 bits per heavy atom. The maximum absolute atomic E-state index is 11.7. The number of nitrogens with one attached hydrogen (secondary N) is 2. The lowest BCUT2D eigenvalue weighted by atomic mass is 10.2. The van der Waals surface area contributed by atoms with Gasteiger partial charge in [-0.05, 0) is 12.1 Å². The third-order valence-electron chi connectivity index (χ3n) is 2.82. The summed E-state index contributed by atoms with van der Waals surface area (Å²) in [6.45, 7) is 2.17. The van der Waals surface area contributed by atoms with Crippen molar-refractivity contribution in [1.29, 1.82) is 0 Å². The molecule has 2 N–H and O–H groups in total. The van der Waals surface area contributed by atoms with E-state index in [0.717, 1.165) is 5.69 Å². The Balaban J connectivity index is 1.67. The molecule has 21 heavy (non-hydrogen) atoms. The summed E-state index contributed by atoms with van der Waals surface area (Å²) in [5, 5.41) is 5.28. The standard InChI is InChI=1S/C15H17N3O3/c1-11-18-13(10-21-11)7-8-16-14(19)9-17-15(20)12-5-3-2-4-6-12/h2-6,10H,7-9H2,1H3,(H,16,19)(H,17,20). The minimum Gasteiger partial charge on any atom is -0.449 e. The molecule has 2 amide bonds. The van der Waals surface area contributed by atoms with Crippen LogP contribution in [-0.4, -0.2) is 29.9 Å². The average Bonchev–Trinajstić information content (AvgIpc) is 2.91. The largest absolute Gasteiger partial charge is 0.449 e. The number of aryl methyl sites for hydroxylation is 1. The van der Waals surface area contributed by atoms with Gasteiger partial charge in [0.2, 0.25) is 5.91 Å². The Hall–Kier alpha value is -2.63. The highest BCUT2D eigenvalue weighted by molar-refractivity contribution is 5.96. The van der Waals surface area contributed by atoms with Crippen LogP contribution < -0.4 is 10.6 Å². The zero-order valence-electron chi connectivity index (χ0n) is 11.8. The summed E-state index contributed by atoms with van der Waals surface area (Å²) in [4.78, 5) is 27.5. The number of carbonyl (C=O) groups is 2. The van der Waals surface area contributed by atoms with Crippen molar-refractivity contribution in [2.24, 2.45) is 0 Å². The first kappa shape index (κ1) is 14.8. The van der Waals surface area contributed by atoms with E-state index in [2.05, 4.69) is 15.6 Å². The molecule has 0 bridgehead atoms. The van der Waals surface area contributed by atoms with Crippen LogP contribution in [0.1, 0.15) is 21.9 Å². The Kier molecular flexibility index (Phi) is 5.09. The van der Waals surface area contributed by atoms with Gasteiger partial charge in [-0.1, -0.05) is 18.2 Å². The van der Waals surface area contributed by atoms with Gasteiger partial charge in [-0.3, -0.25) is 9.59 Å². The predicted octanol–water partition coefficient (Wildman–Crippen LogP) is 1.07. The summed E-state index contributed by atoms with van der Waals surface area (Å²) in [6, 6.07) is 8.76. The number of nitrogens with zero attached hydrogens (tertiary/aromatic N) is 1. The molecule has 0 aliphatic rings. The van der Waals surface area contributed by atoms with Crippen molar-refractivity contribution in [2.75, 3.05) is 13.1 Å². The van der Waals surface area contributed by atoms with Crippen molar-refractivity contribution < 1.29 is 14.0 Å². The summed E-state index contributed by atoms with van der Waals surface area (Å²) >= 11 is 0. The van der Waals surface area contributed by atoms with Crippen molar-refractivity contribution in [3.05, 3.63) is 53.7 Å². The van der Waals surface area contributed by atoms with Crippen LogP contribution in [0.25, 0.3) is 0 Å². The van der Waals surface area contributed by atoms with Crippen molar-refractivity contribution in [1.82, 2.24) is 15.6 Å². The topological polar surface area (TPSA) is 84.2 Å². The molecule has 0 spiro atoms. The molecule has 2 rings (SSSR count). The summed E-state index contributed by atoms with van der Waals surface area (Å²) < 4.78 is 5.07. The quantitative estimate of drug-likeness (QED) is 0.832. The van der Waals surface area contributed by atoms with Gasteiger partial charge >= 0.3 is 0 Å². The third-order valence-corrected chi connectivity index (χ3v) is 2.82. The normalized spacial score (nSPS) is 10.1. The van der Waals surface area contributed by atoms with Gasteiger partial charge in [0, 0.05) is 25.5 Å². The van der Waals surface area contributed by atoms with E-state index < -0.39 is 0 Å². The fraction of sp³-hybridized carbons (Fsp3) is 0.267. The molecule has 0 atom stereocenters. The van der Waals surface area contributed by atoms with Crippen molar-refractivity contribution in [2.45, 2.75) is 13.3 Å². The monoisotopic (exact) mass is 287 g/mol. The second kappa shape index (κ2) is 7.23.